The molecular weight excluding hydrogens is 331 g/mol. The molecule has 7 heteroatoms. The zero-order valence-electron chi connectivity index (χ0n) is 13.5. The molecular formula is C17H16BClFNO3. The van der Waals surface area contributed by atoms with Crippen molar-refractivity contribution in [2.24, 2.45) is 0 Å². The van der Waals surface area contributed by atoms with Crippen LogP contribution in [0.3, 0.4) is 0 Å². The highest BCUT2D eigenvalue weighted by atomic mass is 35.5. The van der Waals surface area contributed by atoms with Gasteiger partial charge in [0.2, 0.25) is 0 Å². The minimum Gasteiger partial charge on any atom is -0.423 e. The van der Waals surface area contributed by atoms with Gasteiger partial charge in [0.25, 0.3) is 5.91 Å². The summed E-state index contributed by atoms with van der Waals surface area (Å²) in [5, 5.41) is 12.7. The fourth-order valence-corrected chi connectivity index (χ4v) is 3.10. The molecule has 0 saturated carbocycles. The highest BCUT2D eigenvalue weighted by Crippen LogP contribution is 2.31. The largest absolute Gasteiger partial charge is 0.492 e. The Kier molecular flexibility index (Phi) is 4.15. The number of rotatable bonds is 2. The van der Waals surface area contributed by atoms with Gasteiger partial charge < -0.3 is 15.0 Å². The molecule has 0 fully saturated rings. The Morgan fingerprint density at radius 1 is 1.33 bits per heavy atom. The maximum absolute atomic E-state index is 14.0. The van der Waals surface area contributed by atoms with Crippen molar-refractivity contribution in [3.63, 3.8) is 0 Å². The lowest BCUT2D eigenvalue weighted by Gasteiger charge is -2.19. The summed E-state index contributed by atoms with van der Waals surface area (Å²) in [4.78, 5) is 12.4. The second kappa shape index (κ2) is 5.88. The third-order valence-corrected chi connectivity index (χ3v) is 4.63. The molecule has 1 amide bonds. The fourth-order valence-electron chi connectivity index (χ4n) is 2.86. The number of halogens is 2. The van der Waals surface area contributed by atoms with E-state index in [2.05, 4.69) is 5.32 Å². The van der Waals surface area contributed by atoms with E-state index in [4.69, 9.17) is 16.3 Å². The van der Waals surface area contributed by atoms with E-state index in [1.54, 1.807) is 25.1 Å². The summed E-state index contributed by atoms with van der Waals surface area (Å²) >= 11 is 6.05. The SMILES string of the molecule is Cc1ccc(F)c(C(=O)Nc2ccc3c(c2)B(O)OC3(C)C)c1Cl. The Morgan fingerprint density at radius 3 is 2.75 bits per heavy atom. The minimum absolute atomic E-state index is 0.0816. The van der Waals surface area contributed by atoms with Crippen LogP contribution in [-0.4, -0.2) is 18.0 Å². The van der Waals surface area contributed by atoms with Gasteiger partial charge >= 0.3 is 7.12 Å². The van der Waals surface area contributed by atoms with E-state index in [9.17, 15) is 14.2 Å². The maximum Gasteiger partial charge on any atom is 0.492 e. The van der Waals surface area contributed by atoms with E-state index in [1.807, 2.05) is 13.8 Å². The predicted octanol–water partition coefficient (Wildman–Crippen LogP) is 2.99. The van der Waals surface area contributed by atoms with Gasteiger partial charge in [0.15, 0.2) is 0 Å². The molecule has 0 aliphatic carbocycles. The van der Waals surface area contributed by atoms with E-state index in [0.717, 1.165) is 5.56 Å². The average Bonchev–Trinajstić information content (AvgIpc) is 2.73. The lowest BCUT2D eigenvalue weighted by Crippen LogP contribution is -2.29. The molecule has 1 aliphatic rings. The summed E-state index contributed by atoms with van der Waals surface area (Å²) in [6.45, 7) is 5.40. The molecule has 1 heterocycles. The van der Waals surface area contributed by atoms with Crippen LogP contribution in [0.5, 0.6) is 0 Å². The molecule has 2 aromatic carbocycles. The number of carbonyl (C=O) groups is 1. The van der Waals surface area contributed by atoms with Crippen LogP contribution in [0.4, 0.5) is 10.1 Å². The van der Waals surface area contributed by atoms with Gasteiger partial charge in [-0.2, -0.15) is 0 Å². The monoisotopic (exact) mass is 347 g/mol. The molecule has 0 saturated heterocycles. The van der Waals surface area contributed by atoms with Gasteiger partial charge in [-0.1, -0.05) is 23.7 Å². The van der Waals surface area contributed by atoms with Gasteiger partial charge in [-0.25, -0.2) is 4.39 Å². The number of benzene rings is 2. The quantitative estimate of drug-likeness (QED) is 0.821. The highest BCUT2D eigenvalue weighted by molar-refractivity contribution is 6.62. The van der Waals surface area contributed by atoms with Crippen LogP contribution in [0, 0.1) is 12.7 Å². The molecule has 3 rings (SSSR count). The maximum atomic E-state index is 14.0. The van der Waals surface area contributed by atoms with Crippen molar-refractivity contribution in [2.75, 3.05) is 5.32 Å². The first-order valence-corrected chi connectivity index (χ1v) is 7.85. The zero-order chi connectivity index (χ0) is 17.6. The van der Waals surface area contributed by atoms with Crippen molar-refractivity contribution in [1.29, 1.82) is 0 Å². The molecule has 0 unspecified atom stereocenters. The van der Waals surface area contributed by atoms with Crippen LogP contribution < -0.4 is 10.8 Å². The van der Waals surface area contributed by atoms with E-state index < -0.39 is 24.4 Å². The van der Waals surface area contributed by atoms with Gasteiger partial charge in [-0.3, -0.25) is 4.79 Å². The van der Waals surface area contributed by atoms with E-state index in [1.165, 1.54) is 12.1 Å². The molecule has 4 nitrogen and oxygen atoms in total. The van der Waals surface area contributed by atoms with Gasteiger partial charge in [-0.05, 0) is 55.6 Å². The third kappa shape index (κ3) is 2.81. The lowest BCUT2D eigenvalue weighted by atomic mass is 9.78. The van der Waals surface area contributed by atoms with Crippen LogP contribution in [0.15, 0.2) is 30.3 Å². The molecule has 124 valence electrons. The van der Waals surface area contributed by atoms with Crippen molar-refractivity contribution in [2.45, 2.75) is 26.4 Å². The molecule has 0 aromatic heterocycles. The van der Waals surface area contributed by atoms with Crippen LogP contribution in [0.25, 0.3) is 0 Å². The summed E-state index contributed by atoms with van der Waals surface area (Å²) in [5.74, 6) is -1.33. The number of carbonyl (C=O) groups excluding carboxylic acids is 1. The molecule has 2 N–H and O–H groups in total. The van der Waals surface area contributed by atoms with Crippen molar-refractivity contribution < 1.29 is 18.9 Å². The first-order chi connectivity index (χ1) is 11.2. The molecule has 0 radical (unpaired) electrons. The number of hydrogen-bond donors (Lipinski definition) is 2. The van der Waals surface area contributed by atoms with Crippen LogP contribution in [0.2, 0.25) is 5.02 Å². The van der Waals surface area contributed by atoms with E-state index >= 15 is 0 Å². The Hall–Kier alpha value is -1.89. The Balaban J connectivity index is 1.92. The molecule has 0 bridgehead atoms. The van der Waals surface area contributed by atoms with Gasteiger partial charge in [-0.15, -0.1) is 0 Å². The van der Waals surface area contributed by atoms with Crippen molar-refractivity contribution in [3.8, 4) is 0 Å². The van der Waals surface area contributed by atoms with E-state index in [0.29, 0.717) is 16.7 Å². The highest BCUT2D eigenvalue weighted by Gasteiger charge is 2.40. The second-order valence-corrected chi connectivity index (χ2v) is 6.67. The first kappa shape index (κ1) is 17.0. The standard InChI is InChI=1S/C17H16BClFNO3/c1-9-4-7-13(20)14(15(9)19)16(22)21-10-5-6-11-12(8-10)18(23)24-17(11,2)3/h4-8,23H,1-3H3,(H,21,22). The van der Waals surface area contributed by atoms with Crippen LogP contribution in [0.1, 0.15) is 35.3 Å². The zero-order valence-corrected chi connectivity index (χ0v) is 14.2. The summed E-state index contributed by atoms with van der Waals surface area (Å²) in [6.07, 6.45) is 0. The summed E-state index contributed by atoms with van der Waals surface area (Å²) in [7, 11) is -1.06. The Morgan fingerprint density at radius 2 is 2.04 bits per heavy atom. The van der Waals surface area contributed by atoms with Gasteiger partial charge in [0.05, 0.1) is 16.2 Å². The molecule has 1 aliphatic heterocycles. The number of anilines is 1. The van der Waals surface area contributed by atoms with E-state index in [-0.39, 0.29) is 10.6 Å². The third-order valence-electron chi connectivity index (χ3n) is 4.14. The van der Waals surface area contributed by atoms with Crippen molar-refractivity contribution in [3.05, 3.63) is 57.9 Å². The Labute approximate surface area is 144 Å². The number of fused-ring (bicyclic) bond motifs is 1. The second-order valence-electron chi connectivity index (χ2n) is 6.29. The first-order valence-electron chi connectivity index (χ1n) is 7.47. The number of aryl methyl sites for hydroxylation is 1. The number of amides is 1. The topological polar surface area (TPSA) is 58.6 Å². The lowest BCUT2D eigenvalue weighted by molar-refractivity contribution is 0.100. The fraction of sp³-hybridized carbons (Fsp3) is 0.235. The van der Waals surface area contributed by atoms with Crippen LogP contribution >= 0.6 is 11.6 Å². The number of nitrogens with one attached hydrogen (secondary N) is 1. The molecule has 0 spiro atoms. The van der Waals surface area contributed by atoms with Gasteiger partial charge in [0.1, 0.15) is 5.82 Å². The van der Waals surface area contributed by atoms with Crippen molar-refractivity contribution >= 4 is 35.8 Å². The smallest absolute Gasteiger partial charge is 0.423 e. The van der Waals surface area contributed by atoms with Crippen LogP contribution in [-0.2, 0) is 10.3 Å². The minimum atomic E-state index is -1.06. The van der Waals surface area contributed by atoms with Gasteiger partial charge in [0, 0.05) is 5.69 Å². The average molecular weight is 348 g/mol. The predicted molar refractivity (Wildman–Crippen MR) is 92.3 cm³/mol. The summed E-state index contributed by atoms with van der Waals surface area (Å²) in [5.41, 5.74) is 1.65. The number of hydrogen-bond acceptors (Lipinski definition) is 3. The Bertz CT molecular complexity index is 841. The normalized spacial score (nSPS) is 15.3. The molecule has 2 aromatic rings. The summed E-state index contributed by atoms with van der Waals surface area (Å²) < 4.78 is 19.4. The summed E-state index contributed by atoms with van der Waals surface area (Å²) in [6, 6.07) is 7.80. The van der Waals surface area contributed by atoms with Crippen molar-refractivity contribution in [1.82, 2.24) is 0 Å². The molecule has 0 atom stereocenters. The molecule has 24 heavy (non-hydrogen) atoms.